The number of methoxy groups -OCH3 is 1. The number of likely N-dealkylation sites (N-methyl/N-ethyl adjacent to an activating group) is 1. The van der Waals surface area contributed by atoms with Gasteiger partial charge in [0.25, 0.3) is 0 Å². The second-order valence-electron chi connectivity index (χ2n) is 22.9. The zero-order chi connectivity index (χ0) is 55.4. The molecule has 5 rings (SSSR count). The van der Waals surface area contributed by atoms with Crippen molar-refractivity contribution in [3.05, 3.63) is 30.1 Å². The second kappa shape index (κ2) is 27.8. The fourth-order valence-electron chi connectivity index (χ4n) is 12.0. The number of nitrogens with one attached hydrogen (secondary N) is 2. The molecule has 5 N–H and O–H groups in total. The Bertz CT molecular complexity index is 1970. The van der Waals surface area contributed by atoms with E-state index in [4.69, 9.17) is 42.7 Å². The summed E-state index contributed by atoms with van der Waals surface area (Å²) in [4.78, 5) is 52.9. The number of oxime groups is 1. The number of aromatic nitrogens is 1. The predicted molar refractivity (Wildman–Crippen MR) is 278 cm³/mol. The first-order chi connectivity index (χ1) is 35.3. The fraction of sp³-hybridized carbons (Fsp3) is 0.836. The highest BCUT2D eigenvalue weighted by molar-refractivity contribution is 5.88. The minimum atomic E-state index is -1.98. The number of ether oxygens (including phenoxy) is 8. The van der Waals surface area contributed by atoms with E-state index in [1.807, 2.05) is 38.9 Å². The Morgan fingerprint density at radius 1 is 0.947 bits per heavy atom. The molecule has 0 bridgehead atoms. The van der Waals surface area contributed by atoms with Crippen LogP contribution in [0.1, 0.15) is 152 Å². The topological polar surface area (TPSA) is 248 Å². The Balaban J connectivity index is 1.59. The number of esters is 2. The molecule has 1 aromatic rings. The smallest absolute Gasteiger partial charge is 0.422 e. The van der Waals surface area contributed by atoms with E-state index in [1.165, 1.54) is 53.1 Å². The average molecular weight is 1060 g/mol. The number of cyclic esters (lactones) is 1. The standard InChI is InChI=1S/C55H93N5O15/c1-15-42-55(11,66)47(62)34(4)44(59-68-26-20-24-39-21-17-16-18-22-39)32(2)28-53(9,65)48(35(5)45(36(6)50(63)72-42)73-43-29-54(10,67-14)49(37(7)70-43)71-38(8)61)75-51-46(41(60(12)13)27-33(3)69-51)74-52(64)58-57-31-40-23-19-25-56-30-40/h19,23,25,30,32-37,39,41-43,45-49,51,57,62,65-66H,15-18,20-22,24,26-29,31H2,1-14H3,(H,58,64)/b59-44+/t32-,33-,34+,35+,36-,37+,41+,42-,43+,45+,46-,47-,48-,49+,51+,53?,54-,55-/m1/s1. The minimum Gasteiger partial charge on any atom is -0.459 e. The van der Waals surface area contributed by atoms with Crippen LogP contribution in [0.15, 0.2) is 29.7 Å². The monoisotopic (exact) mass is 1060 g/mol. The third kappa shape index (κ3) is 16.5. The molecule has 3 saturated heterocycles. The lowest BCUT2D eigenvalue weighted by atomic mass is 9.73. The van der Waals surface area contributed by atoms with Crippen molar-refractivity contribution in [2.24, 2.45) is 34.7 Å². The van der Waals surface area contributed by atoms with Gasteiger partial charge in [0.2, 0.25) is 0 Å². The number of nitrogens with zero attached hydrogens (tertiary/aromatic N) is 3. The number of hydrogen-bond donors (Lipinski definition) is 5. The molecule has 4 fully saturated rings. The van der Waals surface area contributed by atoms with Crippen LogP contribution in [0, 0.1) is 29.6 Å². The predicted octanol–water partition coefficient (Wildman–Crippen LogP) is 6.35. The van der Waals surface area contributed by atoms with E-state index in [1.54, 1.807) is 66.9 Å². The molecule has 0 aromatic carbocycles. The summed E-state index contributed by atoms with van der Waals surface area (Å²) in [6.45, 7) is 19.2. The highest BCUT2D eigenvalue weighted by Gasteiger charge is 2.55. The van der Waals surface area contributed by atoms with Crippen LogP contribution in [-0.2, 0) is 58.9 Å². The summed E-state index contributed by atoms with van der Waals surface area (Å²) >= 11 is 0. The Kier molecular flexibility index (Phi) is 23.1. The van der Waals surface area contributed by atoms with E-state index >= 15 is 0 Å². The van der Waals surface area contributed by atoms with Crippen LogP contribution >= 0.6 is 0 Å². The molecule has 75 heavy (non-hydrogen) atoms. The number of carbonyl (C=O) groups is 3. The van der Waals surface area contributed by atoms with Gasteiger partial charge in [-0.15, -0.1) is 0 Å². The molecule has 3 aliphatic heterocycles. The number of aliphatic hydroxyl groups excluding tert-OH is 1. The van der Waals surface area contributed by atoms with Gasteiger partial charge in [0.1, 0.15) is 23.9 Å². The van der Waals surface area contributed by atoms with Crippen LogP contribution < -0.4 is 10.9 Å². The SMILES string of the molecule is CC[C@H]1OC(=O)[C@H](C)[C@@H](O[C@H]2C[C@@](C)(OC)[C@@H](OC(C)=O)[C@H](C)O2)[C@H](C)[C@@H](O[C@@H]2O[C@H](C)C[C@H](N(C)C)[C@H]2OC(=O)NNCc2cccnc2)C(C)(O)C[C@@H](C)/C(=N\OCCCC2CCCCC2)[C@H](C)[C@@H](O)[C@]1(C)O. The van der Waals surface area contributed by atoms with Crippen LogP contribution in [0.4, 0.5) is 4.79 Å². The molecule has 4 heterocycles. The molecule has 1 amide bonds. The molecule has 1 aliphatic carbocycles. The van der Waals surface area contributed by atoms with Crippen molar-refractivity contribution < 1.29 is 72.4 Å². The lowest BCUT2D eigenvalue weighted by Crippen LogP contribution is -2.62. The lowest BCUT2D eigenvalue weighted by molar-refractivity contribution is -0.318. The van der Waals surface area contributed by atoms with Gasteiger partial charge in [-0.05, 0) is 105 Å². The maximum absolute atomic E-state index is 14.8. The van der Waals surface area contributed by atoms with Crippen molar-refractivity contribution in [3.63, 3.8) is 0 Å². The molecule has 0 radical (unpaired) electrons. The molecular weight excluding hydrogens is 971 g/mol. The third-order valence-corrected chi connectivity index (χ3v) is 16.3. The zero-order valence-electron chi connectivity index (χ0n) is 47.3. The van der Waals surface area contributed by atoms with E-state index in [0.717, 1.165) is 18.4 Å². The second-order valence-corrected chi connectivity index (χ2v) is 22.9. The Morgan fingerprint density at radius 3 is 2.28 bits per heavy atom. The molecule has 20 nitrogen and oxygen atoms in total. The summed E-state index contributed by atoms with van der Waals surface area (Å²) in [5, 5.41) is 42.5. The van der Waals surface area contributed by atoms with Gasteiger partial charge in [0, 0.05) is 57.1 Å². The van der Waals surface area contributed by atoms with Gasteiger partial charge in [-0.3, -0.25) is 20.0 Å². The number of hydrazine groups is 1. The molecule has 0 spiro atoms. The largest absolute Gasteiger partial charge is 0.459 e. The van der Waals surface area contributed by atoms with Crippen LogP contribution in [0.5, 0.6) is 0 Å². The van der Waals surface area contributed by atoms with Crippen molar-refractivity contribution in [3.8, 4) is 0 Å². The summed E-state index contributed by atoms with van der Waals surface area (Å²) in [6, 6.07) is 3.22. The van der Waals surface area contributed by atoms with E-state index in [2.05, 4.69) is 21.0 Å². The van der Waals surface area contributed by atoms with Crippen LogP contribution in [0.2, 0.25) is 0 Å². The van der Waals surface area contributed by atoms with Crippen molar-refractivity contribution in [2.45, 2.75) is 238 Å². The molecule has 1 unspecified atom stereocenters. The summed E-state index contributed by atoms with van der Waals surface area (Å²) in [5.74, 6) is -4.17. The summed E-state index contributed by atoms with van der Waals surface area (Å²) < 4.78 is 51.2. The summed E-state index contributed by atoms with van der Waals surface area (Å²) in [5.41, 5.74) is 1.79. The maximum atomic E-state index is 14.8. The van der Waals surface area contributed by atoms with Gasteiger partial charge in [-0.1, -0.05) is 71.0 Å². The molecule has 428 valence electrons. The van der Waals surface area contributed by atoms with E-state index in [0.29, 0.717) is 24.7 Å². The summed E-state index contributed by atoms with van der Waals surface area (Å²) in [6.07, 6.45) is 0.583. The number of amides is 1. The van der Waals surface area contributed by atoms with E-state index in [-0.39, 0.29) is 25.8 Å². The normalized spacial score (nSPS) is 39.3. The first-order valence-corrected chi connectivity index (χ1v) is 27.4. The van der Waals surface area contributed by atoms with Gasteiger partial charge < -0.3 is 63.0 Å². The van der Waals surface area contributed by atoms with E-state index in [9.17, 15) is 29.7 Å². The van der Waals surface area contributed by atoms with Gasteiger partial charge in [-0.2, -0.15) is 0 Å². The molecule has 20 heteroatoms. The first kappa shape index (κ1) is 62.3. The van der Waals surface area contributed by atoms with Gasteiger partial charge in [0.15, 0.2) is 24.8 Å². The van der Waals surface area contributed by atoms with Crippen LogP contribution in [-0.4, -0.2) is 161 Å². The highest BCUT2D eigenvalue weighted by atomic mass is 16.7. The van der Waals surface area contributed by atoms with Gasteiger partial charge in [0.05, 0.1) is 53.8 Å². The van der Waals surface area contributed by atoms with E-state index < -0.39 is 126 Å². The zero-order valence-corrected chi connectivity index (χ0v) is 47.3. The number of carbonyl (C=O) groups excluding carboxylic acids is 3. The molecule has 1 saturated carbocycles. The van der Waals surface area contributed by atoms with Gasteiger partial charge >= 0.3 is 18.0 Å². The van der Waals surface area contributed by atoms with Crippen molar-refractivity contribution >= 4 is 23.7 Å². The number of pyridine rings is 1. The van der Waals surface area contributed by atoms with Crippen molar-refractivity contribution in [2.75, 3.05) is 27.8 Å². The number of rotatable bonds is 17. The average Bonchev–Trinajstić information content (AvgIpc) is 3.35. The number of hydrogen-bond acceptors (Lipinski definition) is 19. The minimum absolute atomic E-state index is 0.0410. The lowest BCUT2D eigenvalue weighted by Gasteiger charge is -2.49. The third-order valence-electron chi connectivity index (χ3n) is 16.3. The fourth-order valence-corrected chi connectivity index (χ4v) is 12.0. The quantitative estimate of drug-likeness (QED) is 0.0493. The number of aliphatic hydroxyl groups is 3. The maximum Gasteiger partial charge on any atom is 0.422 e. The van der Waals surface area contributed by atoms with Crippen LogP contribution in [0.3, 0.4) is 0 Å². The van der Waals surface area contributed by atoms with Crippen LogP contribution in [0.25, 0.3) is 0 Å². The Morgan fingerprint density at radius 2 is 1.65 bits per heavy atom. The molecular formula is C55H93N5O15. The van der Waals surface area contributed by atoms with Gasteiger partial charge in [-0.25, -0.2) is 10.2 Å². The molecule has 18 atom stereocenters. The first-order valence-electron chi connectivity index (χ1n) is 27.4. The van der Waals surface area contributed by atoms with Crippen molar-refractivity contribution in [1.29, 1.82) is 0 Å². The van der Waals surface area contributed by atoms with Crippen molar-refractivity contribution in [1.82, 2.24) is 20.7 Å². The Hall–Kier alpha value is -3.57. The summed E-state index contributed by atoms with van der Waals surface area (Å²) in [7, 11) is 5.24. The molecule has 4 aliphatic rings. The highest BCUT2D eigenvalue weighted by Crippen LogP contribution is 2.42. The molecule has 1 aromatic heterocycles. The Labute approximate surface area is 445 Å².